The molecule has 6 nitrogen and oxygen atoms in total. The van der Waals surface area contributed by atoms with Crippen molar-refractivity contribution in [1.82, 2.24) is 14.9 Å². The van der Waals surface area contributed by atoms with E-state index in [9.17, 15) is 8.42 Å². The fourth-order valence-electron chi connectivity index (χ4n) is 1.89. The van der Waals surface area contributed by atoms with E-state index >= 15 is 0 Å². The summed E-state index contributed by atoms with van der Waals surface area (Å²) < 4.78 is 33.0. The smallest absolute Gasteiger partial charge is 0.245 e. The summed E-state index contributed by atoms with van der Waals surface area (Å²) in [6.45, 7) is 6.96. The number of hydrogen-bond donors (Lipinski definition) is 2. The van der Waals surface area contributed by atoms with Gasteiger partial charge in [0.2, 0.25) is 10.0 Å². The van der Waals surface area contributed by atoms with Crippen LogP contribution in [-0.2, 0) is 16.6 Å². The van der Waals surface area contributed by atoms with Gasteiger partial charge < -0.3 is 14.6 Å². The van der Waals surface area contributed by atoms with Crippen molar-refractivity contribution < 1.29 is 12.8 Å². The molecule has 0 aromatic carbocycles. The van der Waals surface area contributed by atoms with Crippen molar-refractivity contribution in [2.75, 3.05) is 20.6 Å². The van der Waals surface area contributed by atoms with Crippen LogP contribution in [0.25, 0.3) is 0 Å². The Morgan fingerprint density at radius 3 is 2.48 bits per heavy atom. The van der Waals surface area contributed by atoms with Crippen molar-refractivity contribution in [3.05, 3.63) is 16.5 Å². The van der Waals surface area contributed by atoms with Crippen LogP contribution in [0.2, 0.25) is 0 Å². The average Bonchev–Trinajstić information content (AvgIpc) is 2.66. The third kappa shape index (κ3) is 6.07. The highest BCUT2D eigenvalue weighted by Crippen LogP contribution is 2.26. The Balaban J connectivity index is 2.83. The number of rotatable bonds is 8. The van der Waals surface area contributed by atoms with Crippen LogP contribution in [0.3, 0.4) is 0 Å². The number of nitrogens with zero attached hydrogens (tertiary/aromatic N) is 1. The number of sulfonamides is 1. The minimum absolute atomic E-state index is 0.133. The first-order valence-corrected chi connectivity index (χ1v) is 9.08. The molecule has 0 amide bonds. The monoisotopic (exact) mass is 381 g/mol. The molecular weight excluding hydrogens is 358 g/mol. The van der Waals surface area contributed by atoms with E-state index in [4.69, 9.17) is 4.42 Å². The van der Waals surface area contributed by atoms with E-state index in [2.05, 4.69) is 26.0 Å². The van der Waals surface area contributed by atoms with Crippen LogP contribution >= 0.6 is 15.9 Å². The number of nitrogens with one attached hydrogen (secondary N) is 2. The fraction of sp³-hybridized carbons (Fsp3) is 0.692. The molecule has 1 heterocycles. The van der Waals surface area contributed by atoms with Crippen molar-refractivity contribution in [2.45, 2.75) is 44.3 Å². The Hall–Kier alpha value is -0.410. The highest BCUT2D eigenvalue weighted by Gasteiger charge is 2.24. The first-order valence-electron chi connectivity index (χ1n) is 6.80. The topological polar surface area (TPSA) is 74.6 Å². The van der Waals surface area contributed by atoms with Gasteiger partial charge in [-0.15, -0.1) is 0 Å². The Kier molecular flexibility index (Phi) is 6.86. The lowest BCUT2D eigenvalue weighted by molar-refractivity contribution is 0.370. The summed E-state index contributed by atoms with van der Waals surface area (Å²) in [5.41, 5.74) is 0. The second-order valence-electron chi connectivity index (χ2n) is 5.67. The van der Waals surface area contributed by atoms with Gasteiger partial charge in [0.05, 0.1) is 6.54 Å². The molecule has 8 heteroatoms. The maximum atomic E-state index is 12.4. The number of hydrogen-bond acceptors (Lipinski definition) is 5. The highest BCUT2D eigenvalue weighted by molar-refractivity contribution is 9.10. The van der Waals surface area contributed by atoms with Crippen LogP contribution < -0.4 is 10.0 Å². The molecule has 0 saturated heterocycles. The lowest BCUT2D eigenvalue weighted by atomic mass is 10.3. The zero-order valence-electron chi connectivity index (χ0n) is 13.1. The van der Waals surface area contributed by atoms with Gasteiger partial charge >= 0.3 is 0 Å². The van der Waals surface area contributed by atoms with Crippen LogP contribution in [0, 0.1) is 0 Å². The van der Waals surface area contributed by atoms with Gasteiger partial charge in [-0.2, -0.15) is 0 Å². The first-order chi connectivity index (χ1) is 9.61. The molecule has 2 N–H and O–H groups in total. The van der Waals surface area contributed by atoms with E-state index in [1.54, 1.807) is 6.07 Å². The molecule has 0 spiro atoms. The van der Waals surface area contributed by atoms with Gasteiger partial charge in [0.25, 0.3) is 0 Å². The maximum Gasteiger partial charge on any atom is 0.245 e. The summed E-state index contributed by atoms with van der Waals surface area (Å²) in [4.78, 5) is 2.06. The molecule has 0 fully saturated rings. The normalized spacial score (nSPS) is 14.1. The lowest BCUT2D eigenvalue weighted by Crippen LogP contribution is -2.39. The average molecular weight is 382 g/mol. The molecule has 0 aliphatic carbocycles. The summed E-state index contributed by atoms with van der Waals surface area (Å²) in [6, 6.07) is 1.65. The van der Waals surface area contributed by atoms with Gasteiger partial charge in [-0.05, 0) is 36.9 Å². The molecular formula is C13H24BrN3O3S. The lowest BCUT2D eigenvalue weighted by Gasteiger charge is -2.17. The van der Waals surface area contributed by atoms with E-state index in [0.29, 0.717) is 24.9 Å². The minimum atomic E-state index is -3.60. The molecule has 1 rings (SSSR count). The van der Waals surface area contributed by atoms with Gasteiger partial charge in [-0.1, -0.05) is 13.8 Å². The zero-order chi connectivity index (χ0) is 16.2. The highest BCUT2D eigenvalue weighted by atomic mass is 79.9. The largest absolute Gasteiger partial charge is 0.452 e. The molecule has 0 saturated carbocycles. The zero-order valence-corrected chi connectivity index (χ0v) is 15.5. The molecule has 1 atom stereocenters. The Labute approximate surface area is 135 Å². The second kappa shape index (κ2) is 7.73. The SMILES string of the molecule is CC(C)NCc1cc(S(=O)(=O)NC(C)CN(C)C)c(Br)o1. The molecule has 122 valence electrons. The number of likely N-dealkylation sites (N-methyl/N-ethyl adjacent to an activating group) is 1. The quantitative estimate of drug-likeness (QED) is 0.717. The summed E-state index contributed by atoms with van der Waals surface area (Å²) in [5, 5.41) is 3.18. The van der Waals surface area contributed by atoms with Gasteiger partial charge in [-0.3, -0.25) is 0 Å². The minimum Gasteiger partial charge on any atom is -0.452 e. The molecule has 1 unspecified atom stereocenters. The molecule has 0 bridgehead atoms. The Morgan fingerprint density at radius 1 is 1.33 bits per heavy atom. The summed E-state index contributed by atoms with van der Waals surface area (Å²) >= 11 is 3.18. The van der Waals surface area contributed by atoms with Crippen molar-refractivity contribution in [3.8, 4) is 0 Å². The van der Waals surface area contributed by atoms with Crippen LogP contribution in [-0.4, -0.2) is 46.0 Å². The van der Waals surface area contributed by atoms with Crippen LogP contribution in [0.15, 0.2) is 20.0 Å². The Morgan fingerprint density at radius 2 is 1.95 bits per heavy atom. The molecule has 21 heavy (non-hydrogen) atoms. The van der Waals surface area contributed by atoms with Crippen LogP contribution in [0.4, 0.5) is 0 Å². The summed E-state index contributed by atoms with van der Waals surface area (Å²) in [5.74, 6) is 0.580. The molecule has 0 aliphatic rings. The van der Waals surface area contributed by atoms with E-state index < -0.39 is 10.0 Å². The van der Waals surface area contributed by atoms with E-state index in [0.717, 1.165) is 0 Å². The predicted octanol–water partition coefficient (Wildman–Crippen LogP) is 1.77. The van der Waals surface area contributed by atoms with Crippen molar-refractivity contribution >= 4 is 26.0 Å². The Bertz CT molecular complexity index is 555. The molecule has 0 aliphatic heterocycles. The standard InChI is InChI=1S/C13H24BrN3O3S/c1-9(2)15-7-11-6-12(13(14)20-11)21(18,19)16-10(3)8-17(4)5/h6,9-10,15-16H,7-8H2,1-5H3. The van der Waals surface area contributed by atoms with E-state index in [-0.39, 0.29) is 15.6 Å². The predicted molar refractivity (Wildman–Crippen MR) is 86.7 cm³/mol. The van der Waals surface area contributed by atoms with Crippen molar-refractivity contribution in [2.24, 2.45) is 0 Å². The third-order valence-electron chi connectivity index (χ3n) is 2.68. The van der Waals surface area contributed by atoms with E-state index in [1.807, 2.05) is 39.8 Å². The van der Waals surface area contributed by atoms with E-state index in [1.165, 1.54) is 0 Å². The molecule has 0 radical (unpaired) electrons. The first kappa shape index (κ1) is 18.6. The van der Waals surface area contributed by atoms with Crippen molar-refractivity contribution in [3.63, 3.8) is 0 Å². The third-order valence-corrected chi connectivity index (χ3v) is 5.12. The fourth-order valence-corrected chi connectivity index (χ4v) is 4.12. The number of halogens is 1. The van der Waals surface area contributed by atoms with Gasteiger partial charge in [0, 0.05) is 24.7 Å². The summed E-state index contributed by atoms with van der Waals surface area (Å²) in [7, 11) is 0.196. The van der Waals surface area contributed by atoms with Crippen molar-refractivity contribution in [1.29, 1.82) is 0 Å². The maximum absolute atomic E-state index is 12.4. The molecule has 1 aromatic rings. The number of furan rings is 1. The summed E-state index contributed by atoms with van der Waals surface area (Å²) in [6.07, 6.45) is 0. The molecule has 1 aromatic heterocycles. The van der Waals surface area contributed by atoms with Gasteiger partial charge in [-0.25, -0.2) is 13.1 Å². The second-order valence-corrected chi connectivity index (χ2v) is 8.07. The van der Waals surface area contributed by atoms with Crippen LogP contribution in [0.1, 0.15) is 26.5 Å². The van der Waals surface area contributed by atoms with Crippen LogP contribution in [0.5, 0.6) is 0 Å². The van der Waals surface area contributed by atoms with Gasteiger partial charge in [0.15, 0.2) is 4.67 Å². The van der Waals surface area contributed by atoms with Gasteiger partial charge in [0.1, 0.15) is 10.7 Å².